The number of anilines is 1. The van der Waals surface area contributed by atoms with E-state index in [4.69, 9.17) is 4.74 Å². The van der Waals surface area contributed by atoms with E-state index in [2.05, 4.69) is 10.6 Å². The number of carbonyl (C=O) groups excluding carboxylic acids is 3. The fourth-order valence-electron chi connectivity index (χ4n) is 3.86. The van der Waals surface area contributed by atoms with Gasteiger partial charge in [0.1, 0.15) is 11.4 Å². The van der Waals surface area contributed by atoms with Crippen LogP contribution in [0.15, 0.2) is 115 Å². The number of nitrogens with one attached hydrogen (secondary N) is 2. The Morgan fingerprint density at radius 1 is 0.780 bits per heavy atom. The molecule has 0 bridgehead atoms. The van der Waals surface area contributed by atoms with E-state index < -0.39 is 16.7 Å². The van der Waals surface area contributed by atoms with Crippen LogP contribution in [0.2, 0.25) is 0 Å². The Bertz CT molecular complexity index is 1640. The molecule has 0 aliphatic carbocycles. The third-order valence-corrected chi connectivity index (χ3v) is 5.94. The Hall–Kier alpha value is -5.83. The minimum absolute atomic E-state index is 0.138. The summed E-state index contributed by atoms with van der Waals surface area (Å²) in [4.78, 5) is 49.7. The van der Waals surface area contributed by atoms with E-state index in [1.54, 1.807) is 79.9 Å². The van der Waals surface area contributed by atoms with Gasteiger partial charge in [0, 0.05) is 28.4 Å². The molecule has 0 radical (unpaired) electrons. The summed E-state index contributed by atoms with van der Waals surface area (Å²) in [6.45, 7) is 0. The van der Waals surface area contributed by atoms with Crippen molar-refractivity contribution in [2.45, 2.75) is 0 Å². The molecule has 0 unspecified atom stereocenters. The van der Waals surface area contributed by atoms with Gasteiger partial charge in [-0.05, 0) is 66.8 Å². The molecule has 4 rings (SSSR count). The fourth-order valence-corrected chi connectivity index (χ4v) is 3.86. The minimum Gasteiger partial charge on any atom is -0.496 e. The second-order valence-corrected chi connectivity index (χ2v) is 8.67. The van der Waals surface area contributed by atoms with E-state index in [9.17, 15) is 24.5 Å². The third kappa shape index (κ3) is 7.39. The van der Waals surface area contributed by atoms with Gasteiger partial charge in [0.05, 0.1) is 17.6 Å². The second kappa shape index (κ2) is 13.3. The van der Waals surface area contributed by atoms with Crippen molar-refractivity contribution in [3.05, 3.63) is 147 Å². The van der Waals surface area contributed by atoms with Gasteiger partial charge in [0.15, 0.2) is 5.78 Å². The molecular weight excluding hydrogens is 522 g/mol. The lowest BCUT2D eigenvalue weighted by molar-refractivity contribution is -0.385. The number of nitro groups is 1. The van der Waals surface area contributed by atoms with Crippen LogP contribution in [0.5, 0.6) is 5.75 Å². The van der Waals surface area contributed by atoms with E-state index in [-0.39, 0.29) is 22.7 Å². The molecule has 41 heavy (non-hydrogen) atoms. The van der Waals surface area contributed by atoms with Gasteiger partial charge in [-0.25, -0.2) is 0 Å². The first-order valence-electron chi connectivity index (χ1n) is 12.4. The molecule has 0 aliphatic heterocycles. The first kappa shape index (κ1) is 28.2. The maximum Gasteiger partial charge on any atom is 0.276 e. The van der Waals surface area contributed by atoms with E-state index in [1.165, 1.54) is 30.4 Å². The molecule has 4 aromatic rings. The van der Waals surface area contributed by atoms with E-state index >= 15 is 0 Å². The zero-order chi connectivity index (χ0) is 29.2. The average Bonchev–Trinajstić information content (AvgIpc) is 3.00. The smallest absolute Gasteiger partial charge is 0.276 e. The SMILES string of the molecule is COc1ccccc1/C=C/C(=O)c1ccc(NC(=O)/C(=C/c2ccccc2[N+](=O)[O-])NC(=O)c2ccccc2)cc1. The molecule has 0 saturated heterocycles. The van der Waals surface area contributed by atoms with Gasteiger partial charge in [-0.3, -0.25) is 24.5 Å². The fraction of sp³-hybridized carbons (Fsp3) is 0.0312. The van der Waals surface area contributed by atoms with E-state index in [1.807, 2.05) is 18.2 Å². The molecule has 4 aromatic carbocycles. The van der Waals surface area contributed by atoms with Crippen LogP contribution in [-0.4, -0.2) is 29.6 Å². The molecule has 2 N–H and O–H groups in total. The summed E-state index contributed by atoms with van der Waals surface area (Å²) in [5, 5.41) is 16.7. The lowest BCUT2D eigenvalue weighted by atomic mass is 10.1. The zero-order valence-corrected chi connectivity index (χ0v) is 21.9. The van der Waals surface area contributed by atoms with Crippen molar-refractivity contribution < 1.29 is 24.0 Å². The molecule has 0 saturated carbocycles. The molecule has 0 aliphatic rings. The molecule has 0 atom stereocenters. The third-order valence-electron chi connectivity index (χ3n) is 5.94. The normalized spacial score (nSPS) is 11.1. The van der Waals surface area contributed by atoms with Crippen molar-refractivity contribution in [3.8, 4) is 5.75 Å². The number of rotatable bonds is 10. The standard InChI is InChI=1S/C32H25N3O6/c1-41-30-14-8-6-9-23(30)17-20-29(36)22-15-18-26(19-16-22)33-32(38)27(34-31(37)24-10-3-2-4-11-24)21-25-12-5-7-13-28(25)35(39)40/h2-21H,1H3,(H,33,38)(H,34,37)/b20-17+,27-21-. The minimum atomic E-state index is -0.706. The first-order valence-corrected chi connectivity index (χ1v) is 12.4. The van der Waals surface area contributed by atoms with Crippen LogP contribution in [-0.2, 0) is 4.79 Å². The quantitative estimate of drug-likeness (QED) is 0.110. The molecule has 2 amide bonds. The zero-order valence-electron chi connectivity index (χ0n) is 21.9. The predicted octanol–water partition coefficient (Wildman–Crippen LogP) is 5.91. The van der Waals surface area contributed by atoms with Crippen LogP contribution in [0, 0.1) is 10.1 Å². The highest BCUT2D eigenvalue weighted by Crippen LogP contribution is 2.22. The summed E-state index contributed by atoms with van der Waals surface area (Å²) in [6, 6.07) is 27.6. The van der Waals surface area contributed by atoms with Crippen molar-refractivity contribution in [1.82, 2.24) is 5.32 Å². The number of amides is 2. The van der Waals surface area contributed by atoms with Crippen molar-refractivity contribution in [3.63, 3.8) is 0 Å². The number of nitro benzene ring substituents is 1. The number of ether oxygens (including phenoxy) is 1. The summed E-state index contributed by atoms with van der Waals surface area (Å²) < 4.78 is 5.29. The Labute approximate surface area is 235 Å². The Kier molecular flexibility index (Phi) is 9.14. The molecule has 204 valence electrons. The van der Waals surface area contributed by atoms with E-state index in [0.717, 1.165) is 5.56 Å². The van der Waals surface area contributed by atoms with Gasteiger partial charge in [0.25, 0.3) is 17.5 Å². The number of allylic oxidation sites excluding steroid dienone is 1. The topological polar surface area (TPSA) is 128 Å². The molecule has 0 heterocycles. The van der Waals surface area contributed by atoms with Crippen LogP contribution < -0.4 is 15.4 Å². The summed E-state index contributed by atoms with van der Waals surface area (Å²) in [5.74, 6) is -0.879. The first-order chi connectivity index (χ1) is 19.9. The molecule has 9 heteroatoms. The maximum atomic E-state index is 13.2. The number of benzene rings is 4. The van der Waals surface area contributed by atoms with Gasteiger partial charge >= 0.3 is 0 Å². The number of para-hydroxylation sites is 2. The number of hydrogen-bond acceptors (Lipinski definition) is 6. The summed E-state index contributed by atoms with van der Waals surface area (Å²) in [6.07, 6.45) is 4.33. The largest absolute Gasteiger partial charge is 0.496 e. The molecular formula is C32H25N3O6. The van der Waals surface area contributed by atoms with E-state index in [0.29, 0.717) is 22.6 Å². The van der Waals surface area contributed by atoms with Crippen molar-refractivity contribution in [2.75, 3.05) is 12.4 Å². The number of nitrogens with zero attached hydrogens (tertiary/aromatic N) is 1. The van der Waals surface area contributed by atoms with Gasteiger partial charge in [0.2, 0.25) is 0 Å². The van der Waals surface area contributed by atoms with Crippen molar-refractivity contribution in [1.29, 1.82) is 0 Å². The van der Waals surface area contributed by atoms with Gasteiger partial charge < -0.3 is 15.4 Å². The molecule has 0 fully saturated rings. The van der Waals surface area contributed by atoms with Gasteiger partial charge in [-0.15, -0.1) is 0 Å². The molecule has 0 aromatic heterocycles. The van der Waals surface area contributed by atoms with Gasteiger partial charge in [-0.2, -0.15) is 0 Å². The lowest BCUT2D eigenvalue weighted by Crippen LogP contribution is -2.30. The molecule has 9 nitrogen and oxygen atoms in total. The Morgan fingerprint density at radius 3 is 2.10 bits per heavy atom. The van der Waals surface area contributed by atoms with Crippen LogP contribution in [0.1, 0.15) is 31.8 Å². The Morgan fingerprint density at radius 2 is 1.41 bits per heavy atom. The summed E-state index contributed by atoms with van der Waals surface area (Å²) in [5.41, 5.74) is 1.51. The number of hydrogen-bond donors (Lipinski definition) is 2. The van der Waals surface area contributed by atoms with Crippen LogP contribution in [0.25, 0.3) is 12.2 Å². The number of methoxy groups -OCH3 is 1. The Balaban J connectivity index is 1.54. The number of carbonyl (C=O) groups is 3. The summed E-state index contributed by atoms with van der Waals surface area (Å²) in [7, 11) is 1.55. The molecule has 0 spiro atoms. The highest BCUT2D eigenvalue weighted by molar-refractivity contribution is 6.11. The van der Waals surface area contributed by atoms with Crippen molar-refractivity contribution >= 4 is 41.1 Å². The maximum absolute atomic E-state index is 13.2. The summed E-state index contributed by atoms with van der Waals surface area (Å²) >= 11 is 0. The predicted molar refractivity (Wildman–Crippen MR) is 156 cm³/mol. The van der Waals surface area contributed by atoms with Crippen LogP contribution in [0.4, 0.5) is 11.4 Å². The lowest BCUT2D eigenvalue weighted by Gasteiger charge is -2.12. The second-order valence-electron chi connectivity index (χ2n) is 8.67. The highest BCUT2D eigenvalue weighted by atomic mass is 16.6. The van der Waals surface area contributed by atoms with Crippen LogP contribution in [0.3, 0.4) is 0 Å². The van der Waals surface area contributed by atoms with Crippen LogP contribution >= 0.6 is 0 Å². The average molecular weight is 548 g/mol. The number of ketones is 1. The van der Waals surface area contributed by atoms with Crippen molar-refractivity contribution in [2.24, 2.45) is 0 Å². The monoisotopic (exact) mass is 547 g/mol. The van der Waals surface area contributed by atoms with Gasteiger partial charge in [-0.1, -0.05) is 48.5 Å². The highest BCUT2D eigenvalue weighted by Gasteiger charge is 2.18.